The number of unbranched alkanes of at least 4 members (excludes halogenated alkanes) is 10. The Morgan fingerprint density at radius 2 is 1.00 bits per heavy atom. The van der Waals surface area contributed by atoms with Crippen LogP contribution in [0.25, 0.3) is 0 Å². The quantitative estimate of drug-likeness (QED) is 0.194. The van der Waals surface area contributed by atoms with E-state index in [4.69, 9.17) is 0 Å². The molecule has 0 heterocycles. The molecule has 3 aromatic carbocycles. The van der Waals surface area contributed by atoms with E-state index in [2.05, 4.69) is 19.1 Å². The highest BCUT2D eigenvalue weighted by Crippen LogP contribution is 2.47. The lowest BCUT2D eigenvalue weighted by Crippen LogP contribution is -2.43. The minimum absolute atomic E-state index is 0.153. The predicted octanol–water partition coefficient (Wildman–Crippen LogP) is 9.54. The second kappa shape index (κ2) is 15.3. The summed E-state index contributed by atoms with van der Waals surface area (Å²) >= 11 is 0. The van der Waals surface area contributed by atoms with Crippen molar-refractivity contribution in [3.63, 3.8) is 0 Å². The third-order valence-electron chi connectivity index (χ3n) is 7.62. The van der Waals surface area contributed by atoms with E-state index in [0.717, 1.165) is 36.0 Å². The first-order valence-electron chi connectivity index (χ1n) is 14.1. The molecule has 0 spiro atoms. The molecule has 0 saturated carbocycles. The lowest BCUT2D eigenvalue weighted by atomic mass is 9.62. The second-order valence-electron chi connectivity index (χ2n) is 10.1. The first-order valence-corrected chi connectivity index (χ1v) is 14.1. The molecule has 2 nitrogen and oxygen atoms in total. The fraction of sp³-hybridized carbons (Fsp3) is 0.441. The van der Waals surface area contributed by atoms with Crippen molar-refractivity contribution in [1.82, 2.24) is 0 Å². The summed E-state index contributed by atoms with van der Waals surface area (Å²) in [6.07, 6.45) is 15.0. The Morgan fingerprint density at radius 3 is 1.42 bits per heavy atom. The van der Waals surface area contributed by atoms with E-state index < -0.39 is 11.4 Å². The zero-order valence-corrected chi connectivity index (χ0v) is 22.1. The topological polar surface area (TPSA) is 37.3 Å². The molecule has 3 aromatic rings. The number of carboxylic acids is 1. The maximum Gasteiger partial charge on any atom is 0.319 e. The van der Waals surface area contributed by atoms with E-state index in [-0.39, 0.29) is 5.92 Å². The molecule has 0 radical (unpaired) electrons. The normalized spacial score (nSPS) is 12.4. The van der Waals surface area contributed by atoms with E-state index in [0.29, 0.717) is 0 Å². The highest BCUT2D eigenvalue weighted by atomic mass is 16.4. The van der Waals surface area contributed by atoms with Crippen molar-refractivity contribution in [3.05, 3.63) is 108 Å². The van der Waals surface area contributed by atoms with Gasteiger partial charge in [-0.2, -0.15) is 0 Å². The van der Waals surface area contributed by atoms with Gasteiger partial charge in [0.25, 0.3) is 0 Å². The average Bonchev–Trinajstić information content (AvgIpc) is 2.92. The van der Waals surface area contributed by atoms with Crippen LogP contribution in [0.1, 0.15) is 107 Å². The molecular weight excluding hydrogens is 440 g/mol. The molecule has 192 valence electrons. The molecule has 0 saturated heterocycles. The fourth-order valence-electron chi connectivity index (χ4n) is 5.70. The van der Waals surface area contributed by atoms with Gasteiger partial charge in [0.1, 0.15) is 5.41 Å². The monoisotopic (exact) mass is 484 g/mol. The molecule has 0 fully saturated rings. The Balaban J connectivity index is 1.76. The van der Waals surface area contributed by atoms with Crippen LogP contribution >= 0.6 is 0 Å². The molecule has 1 atom stereocenters. The van der Waals surface area contributed by atoms with Gasteiger partial charge >= 0.3 is 5.97 Å². The smallest absolute Gasteiger partial charge is 0.319 e. The summed E-state index contributed by atoms with van der Waals surface area (Å²) in [5.74, 6) is -0.934. The van der Waals surface area contributed by atoms with Crippen molar-refractivity contribution >= 4 is 5.97 Å². The van der Waals surface area contributed by atoms with E-state index in [1.165, 1.54) is 57.8 Å². The number of carbonyl (C=O) groups is 1. The number of carboxylic acid groups (broad SMARTS) is 1. The number of benzene rings is 3. The summed E-state index contributed by atoms with van der Waals surface area (Å²) in [6, 6.07) is 30.0. The van der Waals surface area contributed by atoms with Crippen molar-refractivity contribution in [1.29, 1.82) is 0 Å². The summed E-state index contributed by atoms with van der Waals surface area (Å²) in [4.78, 5) is 13.3. The number of rotatable bonds is 17. The van der Waals surface area contributed by atoms with Crippen molar-refractivity contribution in [2.75, 3.05) is 0 Å². The largest absolute Gasteiger partial charge is 0.480 e. The Hall–Kier alpha value is -2.87. The van der Waals surface area contributed by atoms with Crippen LogP contribution in [0.3, 0.4) is 0 Å². The zero-order valence-electron chi connectivity index (χ0n) is 22.1. The van der Waals surface area contributed by atoms with E-state index in [1.54, 1.807) is 0 Å². The molecule has 1 unspecified atom stereocenters. The standard InChI is InChI=1S/C34H44O2/c1-2-3-4-5-6-7-8-9-10-11-21-28-32(29-22-15-12-16-23-29)34(33(35)36,30-24-17-13-18-25-30)31-26-19-14-20-27-31/h12-20,22-27,32H,2-11,21,28H2,1H3,(H,35,36). The maximum absolute atomic E-state index is 13.3. The molecule has 3 rings (SSSR count). The molecule has 36 heavy (non-hydrogen) atoms. The molecule has 1 N–H and O–H groups in total. The van der Waals surface area contributed by atoms with Crippen LogP contribution in [0.4, 0.5) is 0 Å². The molecule has 0 aliphatic rings. The summed E-state index contributed by atoms with van der Waals surface area (Å²) in [7, 11) is 0. The van der Waals surface area contributed by atoms with Gasteiger partial charge in [-0.1, -0.05) is 169 Å². The zero-order chi connectivity index (χ0) is 25.5. The molecule has 0 aromatic heterocycles. The minimum Gasteiger partial charge on any atom is -0.480 e. The van der Waals surface area contributed by atoms with Gasteiger partial charge in [0.2, 0.25) is 0 Å². The Bertz CT molecular complexity index is 942. The third-order valence-corrected chi connectivity index (χ3v) is 7.62. The van der Waals surface area contributed by atoms with Crippen molar-refractivity contribution in [3.8, 4) is 0 Å². The van der Waals surface area contributed by atoms with Gasteiger partial charge in [0.15, 0.2) is 0 Å². The van der Waals surface area contributed by atoms with Crippen LogP contribution in [-0.4, -0.2) is 11.1 Å². The van der Waals surface area contributed by atoms with Crippen LogP contribution in [0, 0.1) is 0 Å². The first kappa shape index (κ1) is 27.7. The van der Waals surface area contributed by atoms with Crippen LogP contribution in [0.15, 0.2) is 91.0 Å². The summed E-state index contributed by atoms with van der Waals surface area (Å²) in [5, 5.41) is 10.9. The average molecular weight is 485 g/mol. The lowest BCUT2D eigenvalue weighted by Gasteiger charge is -2.39. The number of hydrogen-bond donors (Lipinski definition) is 1. The Kier molecular flexibility index (Phi) is 11.8. The second-order valence-corrected chi connectivity index (χ2v) is 10.1. The SMILES string of the molecule is CCCCCCCCCCCCCC(c1ccccc1)C(C(=O)O)(c1ccccc1)c1ccccc1. The van der Waals surface area contributed by atoms with Crippen molar-refractivity contribution < 1.29 is 9.90 Å². The van der Waals surface area contributed by atoms with Crippen LogP contribution in [0.2, 0.25) is 0 Å². The van der Waals surface area contributed by atoms with E-state index >= 15 is 0 Å². The van der Waals surface area contributed by atoms with Gasteiger partial charge in [0.05, 0.1) is 0 Å². The van der Waals surface area contributed by atoms with Gasteiger partial charge in [-0.3, -0.25) is 4.79 Å². The predicted molar refractivity (Wildman–Crippen MR) is 152 cm³/mol. The molecule has 0 aliphatic heterocycles. The summed E-state index contributed by atoms with van der Waals surface area (Å²) < 4.78 is 0. The Morgan fingerprint density at radius 1 is 0.611 bits per heavy atom. The highest BCUT2D eigenvalue weighted by molar-refractivity contribution is 5.87. The lowest BCUT2D eigenvalue weighted by molar-refractivity contribution is -0.143. The van der Waals surface area contributed by atoms with E-state index in [1.807, 2.05) is 78.9 Å². The van der Waals surface area contributed by atoms with Gasteiger partial charge in [-0.05, 0) is 23.1 Å². The molecule has 0 bridgehead atoms. The van der Waals surface area contributed by atoms with Gasteiger partial charge in [-0.15, -0.1) is 0 Å². The Labute approximate surface area is 218 Å². The van der Waals surface area contributed by atoms with Crippen LogP contribution in [-0.2, 0) is 10.2 Å². The van der Waals surface area contributed by atoms with E-state index in [9.17, 15) is 9.90 Å². The number of aliphatic carboxylic acids is 1. The summed E-state index contributed by atoms with van der Waals surface area (Å²) in [6.45, 7) is 2.27. The van der Waals surface area contributed by atoms with Gasteiger partial charge in [-0.25, -0.2) is 0 Å². The molecule has 2 heteroatoms. The van der Waals surface area contributed by atoms with Gasteiger partial charge in [0, 0.05) is 5.92 Å². The van der Waals surface area contributed by atoms with Gasteiger partial charge < -0.3 is 5.11 Å². The first-order chi connectivity index (χ1) is 17.7. The van der Waals surface area contributed by atoms with Crippen LogP contribution in [0.5, 0.6) is 0 Å². The van der Waals surface area contributed by atoms with Crippen molar-refractivity contribution in [2.24, 2.45) is 0 Å². The maximum atomic E-state index is 13.3. The molecule has 0 amide bonds. The fourth-order valence-corrected chi connectivity index (χ4v) is 5.70. The van der Waals surface area contributed by atoms with Crippen molar-refractivity contribution in [2.45, 2.75) is 95.3 Å². The summed E-state index contributed by atoms with van der Waals surface area (Å²) in [5.41, 5.74) is 1.66. The molecule has 0 aliphatic carbocycles. The highest BCUT2D eigenvalue weighted by Gasteiger charge is 2.49. The third kappa shape index (κ3) is 7.32. The van der Waals surface area contributed by atoms with Crippen LogP contribution < -0.4 is 0 Å². The molecular formula is C34H44O2. The minimum atomic E-state index is -1.14. The number of hydrogen-bond acceptors (Lipinski definition) is 1.